The molecule has 0 radical (unpaired) electrons. The third-order valence-electron chi connectivity index (χ3n) is 9.44. The van der Waals surface area contributed by atoms with Crippen LogP contribution in [-0.2, 0) is 9.59 Å². The van der Waals surface area contributed by atoms with E-state index in [1.165, 1.54) is 10.5 Å². The van der Waals surface area contributed by atoms with Gasteiger partial charge in [-0.05, 0) is 70.8 Å². The first kappa shape index (κ1) is 31.8. The van der Waals surface area contributed by atoms with Gasteiger partial charge in [-0.15, -0.1) is 0 Å². The lowest BCUT2D eigenvalue weighted by Crippen LogP contribution is -2.58. The van der Waals surface area contributed by atoms with Gasteiger partial charge in [0.05, 0.1) is 12.1 Å². The predicted molar refractivity (Wildman–Crippen MR) is 156 cm³/mol. The molecule has 3 unspecified atom stereocenters. The molecule has 4 aliphatic rings. The summed E-state index contributed by atoms with van der Waals surface area (Å²) < 4.78 is 0. The second-order valence-electron chi connectivity index (χ2n) is 12.3. The topological polar surface area (TPSA) is 146 Å². The minimum atomic E-state index is -1.59. The van der Waals surface area contributed by atoms with E-state index in [-0.39, 0.29) is 30.8 Å². The fourth-order valence-corrected chi connectivity index (χ4v) is 6.85. The molecule has 6 N–H and O–H groups in total. The highest BCUT2D eigenvalue weighted by atomic mass is 16.5. The van der Waals surface area contributed by atoms with Crippen molar-refractivity contribution in [1.29, 1.82) is 0 Å². The summed E-state index contributed by atoms with van der Waals surface area (Å²) in [6.45, 7) is 2.33. The molecule has 2 heterocycles. The molecule has 2 aliphatic heterocycles. The van der Waals surface area contributed by atoms with Crippen molar-refractivity contribution in [2.24, 2.45) is 11.8 Å². The summed E-state index contributed by atoms with van der Waals surface area (Å²) in [5.74, 6) is -0.942. The molecule has 41 heavy (non-hydrogen) atoms. The van der Waals surface area contributed by atoms with E-state index in [4.69, 9.17) is 0 Å². The zero-order chi connectivity index (χ0) is 29.5. The van der Waals surface area contributed by atoms with Crippen molar-refractivity contribution in [3.05, 3.63) is 36.0 Å². The van der Waals surface area contributed by atoms with E-state index in [0.29, 0.717) is 25.3 Å². The quantitative estimate of drug-likeness (QED) is 0.151. The minimum Gasteiger partial charge on any atom is -0.391 e. The van der Waals surface area contributed by atoms with Gasteiger partial charge in [-0.1, -0.05) is 42.9 Å². The largest absolute Gasteiger partial charge is 0.391 e. The number of hydrogen-bond acceptors (Lipinski definition) is 8. The molecule has 230 valence electrons. The van der Waals surface area contributed by atoms with Crippen LogP contribution in [0.1, 0.15) is 71.1 Å². The molecule has 2 fully saturated rings. The van der Waals surface area contributed by atoms with Gasteiger partial charge in [0.1, 0.15) is 12.3 Å². The lowest BCUT2D eigenvalue weighted by atomic mass is 9.89. The van der Waals surface area contributed by atoms with E-state index in [1.54, 1.807) is 6.92 Å². The van der Waals surface area contributed by atoms with Crippen LogP contribution < -0.4 is 10.6 Å². The van der Waals surface area contributed by atoms with Crippen molar-refractivity contribution in [2.45, 2.75) is 114 Å². The van der Waals surface area contributed by atoms with Gasteiger partial charge in [-0.25, -0.2) is 0 Å². The maximum Gasteiger partial charge on any atom is 0.243 e. The van der Waals surface area contributed by atoms with E-state index in [0.717, 1.165) is 44.9 Å². The fraction of sp³-hybridized carbons (Fsp3) is 0.742. The zero-order valence-corrected chi connectivity index (χ0v) is 24.6. The van der Waals surface area contributed by atoms with Crippen LogP contribution in [0.25, 0.3) is 0 Å². The van der Waals surface area contributed by atoms with Gasteiger partial charge in [0.15, 0.2) is 6.29 Å². The van der Waals surface area contributed by atoms with Gasteiger partial charge in [0.25, 0.3) is 0 Å². The third-order valence-corrected chi connectivity index (χ3v) is 9.44. The van der Waals surface area contributed by atoms with Crippen LogP contribution >= 0.6 is 0 Å². The number of aliphatic hydroxyl groups is 4. The van der Waals surface area contributed by atoms with Crippen molar-refractivity contribution in [1.82, 2.24) is 20.4 Å². The Morgan fingerprint density at radius 1 is 1.10 bits per heavy atom. The van der Waals surface area contributed by atoms with Crippen LogP contribution in [0.2, 0.25) is 0 Å². The number of likely N-dealkylation sites (N-methyl/N-ethyl adjacent to an activating group) is 1. The Bertz CT molecular complexity index is 984. The second-order valence-corrected chi connectivity index (χ2v) is 12.3. The molecule has 8 atom stereocenters. The first-order chi connectivity index (χ1) is 19.7. The average Bonchev–Trinajstić information content (AvgIpc) is 3.62. The van der Waals surface area contributed by atoms with Gasteiger partial charge in [0, 0.05) is 37.5 Å². The molecule has 0 aromatic carbocycles. The number of hydrogen-bond donors (Lipinski definition) is 6. The van der Waals surface area contributed by atoms with E-state index in [9.17, 15) is 30.0 Å². The summed E-state index contributed by atoms with van der Waals surface area (Å²) in [6, 6.07) is -2.17. The van der Waals surface area contributed by atoms with Crippen molar-refractivity contribution >= 4 is 11.8 Å². The molecule has 0 aromatic rings. The normalized spacial score (nSPS) is 29.8. The maximum absolute atomic E-state index is 13.9. The SMILES string of the molecule is CN[C@@H](CC1C=CC=CC1)C(O)N1CCC[C@H]1C(=O)N1C[C@H](O)C[C@H]1C(=O)N[C@@H](CC1=CCCCC1)C(C)C(O)O. The summed E-state index contributed by atoms with van der Waals surface area (Å²) in [6.07, 6.45) is 14.9. The number of carbonyl (C=O) groups is 2. The van der Waals surface area contributed by atoms with E-state index < -0.39 is 42.7 Å². The molecule has 10 nitrogen and oxygen atoms in total. The van der Waals surface area contributed by atoms with E-state index >= 15 is 0 Å². The minimum absolute atomic E-state index is 0.0556. The first-order valence-electron chi connectivity index (χ1n) is 15.5. The van der Waals surface area contributed by atoms with Crippen molar-refractivity contribution in [3.63, 3.8) is 0 Å². The Kier molecular flexibility index (Phi) is 11.6. The van der Waals surface area contributed by atoms with Crippen LogP contribution in [0.15, 0.2) is 36.0 Å². The van der Waals surface area contributed by atoms with Crippen molar-refractivity contribution < 1.29 is 30.0 Å². The number of aliphatic hydroxyl groups excluding tert-OH is 3. The molecule has 2 saturated heterocycles. The number of β-amino-alcohol motifs (C(OH)–C–C–N with tert-alkyl or cyclic N) is 1. The van der Waals surface area contributed by atoms with Crippen LogP contribution in [-0.4, -0.2) is 105 Å². The lowest BCUT2D eigenvalue weighted by Gasteiger charge is -2.37. The molecule has 10 heteroatoms. The Balaban J connectivity index is 1.44. The second kappa shape index (κ2) is 14.9. The van der Waals surface area contributed by atoms with Crippen LogP contribution in [0, 0.1) is 11.8 Å². The lowest BCUT2D eigenvalue weighted by molar-refractivity contribution is -0.146. The van der Waals surface area contributed by atoms with E-state index in [2.05, 4.69) is 28.9 Å². The summed E-state index contributed by atoms with van der Waals surface area (Å²) in [5, 5.41) is 48.0. The number of carbonyl (C=O) groups excluding carboxylic acids is 2. The monoisotopic (exact) mass is 574 g/mol. The Hall–Kier alpha value is -2.08. The highest BCUT2D eigenvalue weighted by Crippen LogP contribution is 2.30. The van der Waals surface area contributed by atoms with Crippen LogP contribution in [0.3, 0.4) is 0 Å². The van der Waals surface area contributed by atoms with Gasteiger partial charge in [-0.3, -0.25) is 14.5 Å². The number of amides is 2. The number of nitrogens with zero attached hydrogens (tertiary/aromatic N) is 2. The molecule has 2 aliphatic carbocycles. The maximum atomic E-state index is 13.9. The summed E-state index contributed by atoms with van der Waals surface area (Å²) >= 11 is 0. The molecule has 0 bridgehead atoms. The molecule has 2 amide bonds. The average molecular weight is 575 g/mol. The van der Waals surface area contributed by atoms with E-state index in [1.807, 2.05) is 24.1 Å². The Morgan fingerprint density at radius 2 is 1.90 bits per heavy atom. The molecule has 0 saturated carbocycles. The number of nitrogens with one attached hydrogen (secondary N) is 2. The smallest absolute Gasteiger partial charge is 0.243 e. The van der Waals surface area contributed by atoms with Crippen LogP contribution in [0.5, 0.6) is 0 Å². The molecule has 0 aromatic heterocycles. The summed E-state index contributed by atoms with van der Waals surface area (Å²) in [4.78, 5) is 30.8. The Labute approximate surface area is 244 Å². The Morgan fingerprint density at radius 3 is 2.56 bits per heavy atom. The first-order valence-corrected chi connectivity index (χ1v) is 15.5. The molecular weight excluding hydrogens is 524 g/mol. The van der Waals surface area contributed by atoms with Gasteiger partial charge in [-0.2, -0.15) is 0 Å². The van der Waals surface area contributed by atoms with Gasteiger partial charge < -0.3 is 36.0 Å². The highest BCUT2D eigenvalue weighted by Gasteiger charge is 2.46. The van der Waals surface area contributed by atoms with Crippen LogP contribution in [0.4, 0.5) is 0 Å². The fourth-order valence-electron chi connectivity index (χ4n) is 6.85. The summed E-state index contributed by atoms with van der Waals surface area (Å²) in [5.41, 5.74) is 1.20. The van der Waals surface area contributed by atoms with Gasteiger partial charge in [0.2, 0.25) is 11.8 Å². The zero-order valence-electron chi connectivity index (χ0n) is 24.6. The van der Waals surface area contributed by atoms with Crippen molar-refractivity contribution in [3.8, 4) is 0 Å². The third kappa shape index (κ3) is 8.06. The standard InChI is InChI=1S/C31H50N4O6/c1-20(31(40)41)24(16-21-10-5-3-6-11-21)33-28(37)27-18-23(36)19-35(27)30(39)26-14-9-15-34(26)29(38)25(32-2)17-22-12-7-4-8-13-22/h4,7-8,10,12,20,22-27,29,31-32,36,38,40-41H,3,5-6,9,11,13-19H2,1-2H3,(H,33,37)/t20?,22?,23-,24+,25+,26+,27+,29?/m1/s1. The molecular formula is C31H50N4O6. The number of allylic oxidation sites excluding steroid dienone is 5. The van der Waals surface area contributed by atoms with Gasteiger partial charge >= 0.3 is 0 Å². The highest BCUT2D eigenvalue weighted by molar-refractivity contribution is 5.91. The molecule has 4 rings (SSSR count). The number of rotatable bonds is 12. The predicted octanol–water partition coefficient (Wildman–Crippen LogP) is 1.16. The van der Waals surface area contributed by atoms with Crippen molar-refractivity contribution in [2.75, 3.05) is 20.1 Å². The summed E-state index contributed by atoms with van der Waals surface area (Å²) in [7, 11) is 1.82. The number of likely N-dealkylation sites (tertiary alicyclic amines) is 2. The molecule has 0 spiro atoms.